The van der Waals surface area contributed by atoms with Crippen LogP contribution in [0.2, 0.25) is 0 Å². The number of benzene rings is 2. The first-order valence-electron chi connectivity index (χ1n) is 7.69. The second kappa shape index (κ2) is 7.68. The molecule has 4 nitrogen and oxygen atoms in total. The van der Waals surface area contributed by atoms with E-state index in [-0.39, 0.29) is 12.5 Å². The lowest BCUT2D eigenvalue weighted by molar-refractivity contribution is -0.123. The second-order valence-electron chi connectivity index (χ2n) is 5.90. The van der Waals surface area contributed by atoms with Crippen molar-refractivity contribution in [1.29, 1.82) is 0 Å². The normalized spacial score (nSPS) is 10.3. The Kier molecular flexibility index (Phi) is 5.63. The molecule has 0 radical (unpaired) electrons. The molecule has 0 heterocycles. The molecule has 0 spiro atoms. The summed E-state index contributed by atoms with van der Waals surface area (Å²) in [6, 6.07) is 14.1. The van der Waals surface area contributed by atoms with Crippen LogP contribution in [0.5, 0.6) is 5.75 Å². The first-order valence-corrected chi connectivity index (χ1v) is 7.69. The van der Waals surface area contributed by atoms with Crippen molar-refractivity contribution in [2.24, 2.45) is 0 Å². The van der Waals surface area contributed by atoms with E-state index in [2.05, 4.69) is 5.32 Å². The molecule has 23 heavy (non-hydrogen) atoms. The van der Waals surface area contributed by atoms with E-state index in [1.807, 2.05) is 75.3 Å². The van der Waals surface area contributed by atoms with Gasteiger partial charge in [0.25, 0.3) is 5.91 Å². The Hall–Kier alpha value is -2.49. The predicted molar refractivity (Wildman–Crippen MR) is 94.0 cm³/mol. The summed E-state index contributed by atoms with van der Waals surface area (Å²) in [5.41, 5.74) is 4.35. The van der Waals surface area contributed by atoms with Gasteiger partial charge in [-0.2, -0.15) is 0 Å². The minimum Gasteiger partial charge on any atom is -0.483 e. The number of aryl methyl sites for hydroxylation is 2. The Morgan fingerprint density at radius 1 is 1.09 bits per heavy atom. The summed E-state index contributed by atoms with van der Waals surface area (Å²) in [4.78, 5) is 14.0. The molecule has 0 fully saturated rings. The molecule has 0 aliphatic rings. The molecule has 0 aromatic heterocycles. The molecule has 0 atom stereocenters. The number of hydrogen-bond acceptors (Lipinski definition) is 3. The van der Waals surface area contributed by atoms with Crippen LogP contribution in [0, 0.1) is 13.8 Å². The zero-order valence-electron chi connectivity index (χ0n) is 14.2. The summed E-state index contributed by atoms with van der Waals surface area (Å²) in [5, 5.41) is 2.87. The zero-order chi connectivity index (χ0) is 16.8. The van der Waals surface area contributed by atoms with Crippen molar-refractivity contribution < 1.29 is 9.53 Å². The van der Waals surface area contributed by atoms with E-state index < -0.39 is 0 Å². The molecule has 0 bridgehead atoms. The molecule has 2 aromatic carbocycles. The van der Waals surface area contributed by atoms with Gasteiger partial charge in [-0.25, -0.2) is 0 Å². The highest BCUT2D eigenvalue weighted by Gasteiger charge is 2.05. The molecule has 1 N–H and O–H groups in total. The fraction of sp³-hybridized carbons (Fsp3) is 0.316. The number of carbonyl (C=O) groups excluding carboxylic acids is 1. The highest BCUT2D eigenvalue weighted by Crippen LogP contribution is 2.18. The van der Waals surface area contributed by atoms with E-state index in [1.54, 1.807) is 0 Å². The molecule has 122 valence electrons. The van der Waals surface area contributed by atoms with Gasteiger partial charge in [0.2, 0.25) is 0 Å². The zero-order valence-corrected chi connectivity index (χ0v) is 14.2. The van der Waals surface area contributed by atoms with E-state index in [0.29, 0.717) is 6.54 Å². The summed E-state index contributed by atoms with van der Waals surface area (Å²) >= 11 is 0. The summed E-state index contributed by atoms with van der Waals surface area (Å²) in [6.07, 6.45) is 0. The molecule has 2 aromatic rings. The Morgan fingerprint density at radius 3 is 2.43 bits per heavy atom. The maximum absolute atomic E-state index is 11.9. The van der Waals surface area contributed by atoms with Gasteiger partial charge >= 0.3 is 0 Å². The number of carbonyl (C=O) groups is 1. The van der Waals surface area contributed by atoms with Crippen LogP contribution in [0.4, 0.5) is 5.69 Å². The van der Waals surface area contributed by atoms with E-state index in [4.69, 9.17) is 4.74 Å². The van der Waals surface area contributed by atoms with Crippen molar-refractivity contribution in [3.05, 3.63) is 59.2 Å². The van der Waals surface area contributed by atoms with E-state index in [0.717, 1.165) is 28.1 Å². The molecule has 0 saturated carbocycles. The van der Waals surface area contributed by atoms with E-state index in [9.17, 15) is 4.79 Å². The van der Waals surface area contributed by atoms with Crippen LogP contribution in [-0.2, 0) is 11.3 Å². The first-order chi connectivity index (χ1) is 11.0. The van der Waals surface area contributed by atoms with Gasteiger partial charge in [0.05, 0.1) is 0 Å². The Bertz CT molecular complexity index is 664. The molecule has 4 heteroatoms. The molecular formula is C19H24N2O2. The van der Waals surface area contributed by atoms with Crippen LogP contribution in [0.3, 0.4) is 0 Å². The number of nitrogens with zero attached hydrogens (tertiary/aromatic N) is 1. The van der Waals surface area contributed by atoms with Crippen molar-refractivity contribution in [3.8, 4) is 5.75 Å². The molecule has 0 aliphatic heterocycles. The van der Waals surface area contributed by atoms with Crippen LogP contribution >= 0.6 is 0 Å². The minimum atomic E-state index is -0.123. The van der Waals surface area contributed by atoms with E-state index in [1.165, 1.54) is 0 Å². The Labute approximate surface area is 138 Å². The molecule has 1 amide bonds. The number of ether oxygens (including phenoxy) is 1. The summed E-state index contributed by atoms with van der Waals surface area (Å²) in [7, 11) is 4.00. The highest BCUT2D eigenvalue weighted by molar-refractivity contribution is 5.77. The van der Waals surface area contributed by atoms with Gasteiger partial charge in [0, 0.05) is 26.3 Å². The van der Waals surface area contributed by atoms with Crippen LogP contribution in [-0.4, -0.2) is 26.6 Å². The smallest absolute Gasteiger partial charge is 0.258 e. The molecular weight excluding hydrogens is 288 g/mol. The largest absolute Gasteiger partial charge is 0.483 e. The van der Waals surface area contributed by atoms with Crippen molar-refractivity contribution in [2.45, 2.75) is 20.4 Å². The summed E-state index contributed by atoms with van der Waals surface area (Å²) in [5.74, 6) is 0.637. The fourth-order valence-electron chi connectivity index (χ4n) is 2.17. The van der Waals surface area contributed by atoms with Gasteiger partial charge in [0.1, 0.15) is 5.75 Å². The third-order valence-electron chi connectivity index (χ3n) is 3.64. The standard InChI is InChI=1S/C19H24N2O2/c1-14-5-6-15(2)18(11-14)23-13-19(22)20-12-16-7-9-17(10-8-16)21(3)4/h5-11H,12-13H2,1-4H3,(H,20,22). The van der Waals surface area contributed by atoms with Crippen LogP contribution < -0.4 is 15.0 Å². The third-order valence-corrected chi connectivity index (χ3v) is 3.64. The Morgan fingerprint density at radius 2 is 1.78 bits per heavy atom. The first kappa shape index (κ1) is 16.9. The molecule has 0 aliphatic carbocycles. The number of hydrogen-bond donors (Lipinski definition) is 1. The van der Waals surface area contributed by atoms with Gasteiger partial charge in [-0.3, -0.25) is 4.79 Å². The SMILES string of the molecule is Cc1ccc(C)c(OCC(=O)NCc2ccc(N(C)C)cc2)c1. The topological polar surface area (TPSA) is 41.6 Å². The maximum Gasteiger partial charge on any atom is 0.258 e. The quantitative estimate of drug-likeness (QED) is 0.891. The molecule has 2 rings (SSSR count). The number of amides is 1. The van der Waals surface area contributed by atoms with Gasteiger partial charge < -0.3 is 15.0 Å². The lowest BCUT2D eigenvalue weighted by Crippen LogP contribution is -2.28. The lowest BCUT2D eigenvalue weighted by atomic mass is 10.1. The van der Waals surface area contributed by atoms with E-state index >= 15 is 0 Å². The van der Waals surface area contributed by atoms with Gasteiger partial charge in [-0.15, -0.1) is 0 Å². The van der Waals surface area contributed by atoms with Gasteiger partial charge in [0.15, 0.2) is 6.61 Å². The highest BCUT2D eigenvalue weighted by atomic mass is 16.5. The van der Waals surface area contributed by atoms with Crippen LogP contribution in [0.25, 0.3) is 0 Å². The third kappa shape index (κ3) is 5.02. The fourth-order valence-corrected chi connectivity index (χ4v) is 2.17. The number of anilines is 1. The summed E-state index contributed by atoms with van der Waals surface area (Å²) < 4.78 is 5.60. The maximum atomic E-state index is 11.9. The number of rotatable bonds is 6. The second-order valence-corrected chi connectivity index (χ2v) is 5.90. The minimum absolute atomic E-state index is 0.0279. The van der Waals surface area contributed by atoms with Crippen molar-refractivity contribution in [2.75, 3.05) is 25.6 Å². The van der Waals surface area contributed by atoms with Crippen molar-refractivity contribution in [3.63, 3.8) is 0 Å². The average molecular weight is 312 g/mol. The monoisotopic (exact) mass is 312 g/mol. The van der Waals surface area contributed by atoms with Crippen LogP contribution in [0.15, 0.2) is 42.5 Å². The molecule has 0 unspecified atom stereocenters. The summed E-state index contributed by atoms with van der Waals surface area (Å²) in [6.45, 7) is 4.51. The Balaban J connectivity index is 1.82. The van der Waals surface area contributed by atoms with Gasteiger partial charge in [-0.05, 0) is 48.7 Å². The van der Waals surface area contributed by atoms with Crippen molar-refractivity contribution >= 4 is 11.6 Å². The predicted octanol–water partition coefficient (Wildman–Crippen LogP) is 3.06. The molecule has 0 saturated heterocycles. The average Bonchev–Trinajstić information content (AvgIpc) is 2.54. The number of nitrogens with one attached hydrogen (secondary N) is 1. The van der Waals surface area contributed by atoms with Crippen molar-refractivity contribution in [1.82, 2.24) is 5.32 Å². The lowest BCUT2D eigenvalue weighted by Gasteiger charge is -2.13. The van der Waals surface area contributed by atoms with Crippen LogP contribution in [0.1, 0.15) is 16.7 Å². The van der Waals surface area contributed by atoms with Gasteiger partial charge in [-0.1, -0.05) is 24.3 Å².